The van der Waals surface area contributed by atoms with E-state index in [-0.39, 0.29) is 18.0 Å². The van der Waals surface area contributed by atoms with Crippen LogP contribution >= 0.6 is 11.3 Å². The molecule has 0 radical (unpaired) electrons. The fraction of sp³-hybridized carbons (Fsp3) is 0.118. The average molecular weight is 343 g/mol. The molecule has 0 fully saturated rings. The third-order valence-electron chi connectivity index (χ3n) is 3.35. The number of hydrogen-bond acceptors (Lipinski definition) is 4. The van der Waals surface area contributed by atoms with Crippen LogP contribution in [0, 0.1) is 5.82 Å². The molecule has 0 aliphatic carbocycles. The SMILES string of the molecule is O=C(Cn1nc(-c2ccccc2F)ccc1=O)NCc1cccs1. The van der Waals surface area contributed by atoms with Gasteiger partial charge in [-0.2, -0.15) is 5.10 Å². The molecule has 0 bridgehead atoms. The highest BCUT2D eigenvalue weighted by molar-refractivity contribution is 7.09. The highest BCUT2D eigenvalue weighted by atomic mass is 32.1. The van der Waals surface area contributed by atoms with Crippen LogP contribution < -0.4 is 10.9 Å². The van der Waals surface area contributed by atoms with E-state index in [1.807, 2.05) is 17.5 Å². The Kier molecular flexibility index (Phi) is 4.81. The third-order valence-corrected chi connectivity index (χ3v) is 4.23. The normalized spacial score (nSPS) is 10.5. The number of halogens is 1. The van der Waals surface area contributed by atoms with E-state index >= 15 is 0 Å². The minimum atomic E-state index is -0.433. The van der Waals surface area contributed by atoms with E-state index in [4.69, 9.17) is 0 Å². The molecule has 3 rings (SSSR count). The number of amides is 1. The molecule has 0 atom stereocenters. The molecule has 0 spiro atoms. The number of thiophene rings is 1. The summed E-state index contributed by atoms with van der Waals surface area (Å²) < 4.78 is 14.9. The van der Waals surface area contributed by atoms with Crippen LogP contribution in [0.25, 0.3) is 11.3 Å². The molecule has 1 aromatic carbocycles. The van der Waals surface area contributed by atoms with Gasteiger partial charge in [0, 0.05) is 16.5 Å². The standard InChI is InChI=1S/C17H14FN3O2S/c18-14-6-2-1-5-13(14)15-7-8-17(23)21(20-15)11-16(22)19-10-12-4-3-9-24-12/h1-9H,10-11H2,(H,19,22). The van der Waals surface area contributed by atoms with Crippen molar-refractivity contribution >= 4 is 17.2 Å². The van der Waals surface area contributed by atoms with Crippen molar-refractivity contribution in [1.29, 1.82) is 0 Å². The van der Waals surface area contributed by atoms with E-state index in [1.165, 1.54) is 29.5 Å². The number of benzene rings is 1. The van der Waals surface area contributed by atoms with Gasteiger partial charge in [0.15, 0.2) is 0 Å². The van der Waals surface area contributed by atoms with E-state index in [1.54, 1.807) is 18.2 Å². The van der Waals surface area contributed by atoms with Crippen LogP contribution in [-0.4, -0.2) is 15.7 Å². The number of carbonyl (C=O) groups is 1. The Morgan fingerprint density at radius 3 is 2.75 bits per heavy atom. The van der Waals surface area contributed by atoms with Gasteiger partial charge in [0.2, 0.25) is 5.91 Å². The van der Waals surface area contributed by atoms with Gasteiger partial charge in [0.05, 0.1) is 12.2 Å². The van der Waals surface area contributed by atoms with Crippen molar-refractivity contribution in [1.82, 2.24) is 15.1 Å². The lowest BCUT2D eigenvalue weighted by Crippen LogP contribution is -2.33. The molecule has 3 aromatic rings. The maximum Gasteiger partial charge on any atom is 0.267 e. The van der Waals surface area contributed by atoms with Crippen molar-refractivity contribution in [3.05, 3.63) is 75.0 Å². The first kappa shape index (κ1) is 16.1. The summed E-state index contributed by atoms with van der Waals surface area (Å²) in [4.78, 5) is 24.9. The average Bonchev–Trinajstić information content (AvgIpc) is 3.09. The zero-order valence-corrected chi connectivity index (χ0v) is 13.4. The molecule has 2 heterocycles. The Morgan fingerprint density at radius 1 is 1.17 bits per heavy atom. The lowest BCUT2D eigenvalue weighted by atomic mass is 10.1. The predicted molar refractivity (Wildman–Crippen MR) is 90.1 cm³/mol. The van der Waals surface area contributed by atoms with Crippen molar-refractivity contribution in [3.8, 4) is 11.3 Å². The number of nitrogens with zero attached hydrogens (tertiary/aromatic N) is 2. The first-order valence-electron chi connectivity index (χ1n) is 7.25. The van der Waals surface area contributed by atoms with E-state index < -0.39 is 11.4 Å². The summed E-state index contributed by atoms with van der Waals surface area (Å²) in [5.41, 5.74) is 0.172. The van der Waals surface area contributed by atoms with Gasteiger partial charge in [0.25, 0.3) is 5.56 Å². The highest BCUT2D eigenvalue weighted by Crippen LogP contribution is 2.18. The second-order valence-corrected chi connectivity index (χ2v) is 6.08. The molecule has 0 saturated carbocycles. The van der Waals surface area contributed by atoms with Gasteiger partial charge in [-0.25, -0.2) is 9.07 Å². The summed E-state index contributed by atoms with van der Waals surface area (Å²) in [6.07, 6.45) is 0. The van der Waals surface area contributed by atoms with Crippen LogP contribution in [0.4, 0.5) is 4.39 Å². The van der Waals surface area contributed by atoms with Gasteiger partial charge in [-0.1, -0.05) is 18.2 Å². The summed E-state index contributed by atoms with van der Waals surface area (Å²) in [5, 5.41) is 8.75. The largest absolute Gasteiger partial charge is 0.350 e. The summed E-state index contributed by atoms with van der Waals surface area (Å²) in [6, 6.07) is 12.7. The van der Waals surface area contributed by atoms with Crippen molar-refractivity contribution in [2.75, 3.05) is 0 Å². The van der Waals surface area contributed by atoms with Gasteiger partial charge in [-0.15, -0.1) is 11.3 Å². The second kappa shape index (κ2) is 7.18. The monoisotopic (exact) mass is 343 g/mol. The van der Waals surface area contributed by atoms with Crippen LogP contribution in [0.1, 0.15) is 4.88 Å². The molecule has 5 nitrogen and oxygen atoms in total. The summed E-state index contributed by atoms with van der Waals surface area (Å²) in [7, 11) is 0. The van der Waals surface area contributed by atoms with Crippen LogP contribution in [0.5, 0.6) is 0 Å². The fourth-order valence-corrected chi connectivity index (χ4v) is 2.81. The minimum Gasteiger partial charge on any atom is -0.350 e. The summed E-state index contributed by atoms with van der Waals surface area (Å²) >= 11 is 1.54. The van der Waals surface area contributed by atoms with Gasteiger partial charge in [-0.05, 0) is 29.6 Å². The van der Waals surface area contributed by atoms with Gasteiger partial charge in [-0.3, -0.25) is 9.59 Å². The van der Waals surface area contributed by atoms with Gasteiger partial charge < -0.3 is 5.32 Å². The van der Waals surface area contributed by atoms with Crippen molar-refractivity contribution < 1.29 is 9.18 Å². The Bertz CT molecular complexity index is 906. The minimum absolute atomic E-state index is 0.216. The fourth-order valence-electron chi connectivity index (χ4n) is 2.17. The first-order valence-corrected chi connectivity index (χ1v) is 8.13. The highest BCUT2D eigenvalue weighted by Gasteiger charge is 2.10. The van der Waals surface area contributed by atoms with Crippen molar-refractivity contribution in [3.63, 3.8) is 0 Å². The number of carbonyl (C=O) groups excluding carboxylic acids is 1. The third kappa shape index (κ3) is 3.75. The Morgan fingerprint density at radius 2 is 2.00 bits per heavy atom. The number of aromatic nitrogens is 2. The van der Waals surface area contributed by atoms with E-state index in [2.05, 4.69) is 10.4 Å². The topological polar surface area (TPSA) is 64.0 Å². The molecule has 1 N–H and O–H groups in total. The molecule has 0 saturated heterocycles. The number of rotatable bonds is 5. The molecule has 2 aromatic heterocycles. The quantitative estimate of drug-likeness (QED) is 0.774. The summed E-state index contributed by atoms with van der Waals surface area (Å²) in [6.45, 7) is 0.185. The van der Waals surface area contributed by atoms with E-state index in [9.17, 15) is 14.0 Å². The maximum absolute atomic E-state index is 13.8. The molecule has 122 valence electrons. The Hall–Kier alpha value is -2.80. The Balaban J connectivity index is 1.76. The van der Waals surface area contributed by atoms with Crippen LogP contribution in [0.15, 0.2) is 58.7 Å². The molecule has 0 aliphatic heterocycles. The van der Waals surface area contributed by atoms with Crippen molar-refractivity contribution in [2.24, 2.45) is 0 Å². The van der Waals surface area contributed by atoms with Gasteiger partial charge >= 0.3 is 0 Å². The van der Waals surface area contributed by atoms with E-state index in [0.29, 0.717) is 12.2 Å². The lowest BCUT2D eigenvalue weighted by molar-refractivity contribution is -0.122. The number of nitrogens with one attached hydrogen (secondary N) is 1. The first-order chi connectivity index (χ1) is 11.6. The number of hydrogen-bond donors (Lipinski definition) is 1. The Labute approximate surface area is 141 Å². The maximum atomic E-state index is 13.8. The zero-order chi connectivity index (χ0) is 16.9. The zero-order valence-electron chi connectivity index (χ0n) is 12.6. The van der Waals surface area contributed by atoms with E-state index in [0.717, 1.165) is 9.56 Å². The molecule has 24 heavy (non-hydrogen) atoms. The van der Waals surface area contributed by atoms with Gasteiger partial charge in [0.1, 0.15) is 12.4 Å². The molecular weight excluding hydrogens is 329 g/mol. The summed E-state index contributed by atoms with van der Waals surface area (Å²) in [5.74, 6) is -0.763. The second-order valence-electron chi connectivity index (χ2n) is 5.05. The van der Waals surface area contributed by atoms with Crippen LogP contribution in [-0.2, 0) is 17.9 Å². The lowest BCUT2D eigenvalue weighted by Gasteiger charge is -2.08. The van der Waals surface area contributed by atoms with Crippen molar-refractivity contribution in [2.45, 2.75) is 13.1 Å². The van der Waals surface area contributed by atoms with Crippen LogP contribution in [0.3, 0.4) is 0 Å². The molecule has 7 heteroatoms. The predicted octanol–water partition coefficient (Wildman–Crippen LogP) is 2.43. The smallest absolute Gasteiger partial charge is 0.267 e. The molecule has 0 unspecified atom stereocenters. The van der Waals surface area contributed by atoms with Crippen LogP contribution in [0.2, 0.25) is 0 Å². The molecule has 0 aliphatic rings. The molecule has 1 amide bonds. The molecular formula is C17H14FN3O2S.